The van der Waals surface area contributed by atoms with E-state index in [0.717, 1.165) is 0 Å². The number of halogens is 2. The topological polar surface area (TPSA) is 83.7 Å². The molecular formula is C21H19Cl2N3O4S. The molecule has 1 aromatic heterocycles. The molecule has 0 unspecified atom stereocenters. The number of nitrogens with zero attached hydrogens (tertiary/aromatic N) is 3. The minimum atomic E-state index is -3.61. The number of hydrogen-bond acceptors (Lipinski definition) is 5. The Bertz CT molecular complexity index is 1200. The van der Waals surface area contributed by atoms with Gasteiger partial charge in [-0.1, -0.05) is 52.6 Å². The summed E-state index contributed by atoms with van der Waals surface area (Å²) in [5.41, 5.74) is 0.975. The number of carbonyl (C=O) groups excluding carboxylic acids is 1. The summed E-state index contributed by atoms with van der Waals surface area (Å²) in [5.74, 6) is 0.0387. The van der Waals surface area contributed by atoms with Crippen LogP contribution >= 0.6 is 23.2 Å². The van der Waals surface area contributed by atoms with Gasteiger partial charge in [0, 0.05) is 31.7 Å². The zero-order chi connectivity index (χ0) is 22.2. The number of aryl methyl sites for hydroxylation is 1. The second kappa shape index (κ2) is 8.63. The SMILES string of the molecule is Cc1onc(-c2c(Cl)cccc2Cl)c1C(=O)N1CCN(S(=O)(=O)c2ccccc2)CC1. The molecule has 0 radical (unpaired) electrons. The van der Waals surface area contributed by atoms with Crippen LogP contribution in [0.2, 0.25) is 10.0 Å². The summed E-state index contributed by atoms with van der Waals surface area (Å²) in [6.07, 6.45) is 0. The second-order valence-electron chi connectivity index (χ2n) is 7.07. The normalized spacial score (nSPS) is 15.3. The fourth-order valence-corrected chi connectivity index (χ4v) is 5.57. The first kappa shape index (κ1) is 21.8. The third-order valence-electron chi connectivity index (χ3n) is 5.18. The molecule has 2 aromatic carbocycles. The smallest absolute Gasteiger partial charge is 0.259 e. The summed E-state index contributed by atoms with van der Waals surface area (Å²) in [6.45, 7) is 2.51. The van der Waals surface area contributed by atoms with Gasteiger partial charge in [0.15, 0.2) is 0 Å². The van der Waals surface area contributed by atoms with Crippen molar-refractivity contribution in [1.82, 2.24) is 14.4 Å². The van der Waals surface area contributed by atoms with Gasteiger partial charge in [0.05, 0.1) is 14.9 Å². The maximum Gasteiger partial charge on any atom is 0.259 e. The van der Waals surface area contributed by atoms with Crippen LogP contribution in [0.25, 0.3) is 11.3 Å². The molecule has 162 valence electrons. The first-order valence-corrected chi connectivity index (χ1v) is 11.8. The highest BCUT2D eigenvalue weighted by Gasteiger charge is 2.33. The molecule has 1 amide bonds. The lowest BCUT2D eigenvalue weighted by atomic mass is 10.0. The van der Waals surface area contributed by atoms with Crippen molar-refractivity contribution < 1.29 is 17.7 Å². The van der Waals surface area contributed by atoms with Crippen LogP contribution in [0.3, 0.4) is 0 Å². The van der Waals surface area contributed by atoms with Gasteiger partial charge in [0.25, 0.3) is 5.91 Å². The molecule has 1 saturated heterocycles. The van der Waals surface area contributed by atoms with Gasteiger partial charge in [-0.25, -0.2) is 8.42 Å². The maximum atomic E-state index is 13.3. The number of rotatable bonds is 4. The molecule has 0 spiro atoms. The summed E-state index contributed by atoms with van der Waals surface area (Å²) in [7, 11) is -3.61. The van der Waals surface area contributed by atoms with E-state index in [0.29, 0.717) is 21.4 Å². The quantitative estimate of drug-likeness (QED) is 0.562. The first-order chi connectivity index (χ1) is 14.8. The Morgan fingerprint density at radius 1 is 0.968 bits per heavy atom. The molecule has 31 heavy (non-hydrogen) atoms. The van der Waals surface area contributed by atoms with Crippen molar-refractivity contribution in [2.75, 3.05) is 26.2 Å². The lowest BCUT2D eigenvalue weighted by Gasteiger charge is -2.34. The van der Waals surface area contributed by atoms with Gasteiger partial charge in [-0.05, 0) is 31.2 Å². The minimum absolute atomic E-state index is 0.190. The molecule has 0 aliphatic carbocycles. The fourth-order valence-electron chi connectivity index (χ4n) is 3.55. The van der Waals surface area contributed by atoms with Gasteiger partial charge in [-0.15, -0.1) is 0 Å². The number of piperazine rings is 1. The van der Waals surface area contributed by atoms with Crippen LogP contribution in [0.1, 0.15) is 16.1 Å². The highest BCUT2D eigenvalue weighted by atomic mass is 35.5. The lowest BCUT2D eigenvalue weighted by molar-refractivity contribution is 0.0697. The van der Waals surface area contributed by atoms with E-state index in [4.69, 9.17) is 27.7 Å². The number of sulfonamides is 1. The summed E-state index contributed by atoms with van der Waals surface area (Å²) in [5, 5.41) is 4.73. The summed E-state index contributed by atoms with van der Waals surface area (Å²) >= 11 is 12.6. The van der Waals surface area contributed by atoms with Crippen molar-refractivity contribution in [3.05, 3.63) is 69.9 Å². The zero-order valence-electron chi connectivity index (χ0n) is 16.6. The van der Waals surface area contributed by atoms with E-state index >= 15 is 0 Å². The van der Waals surface area contributed by atoms with Crippen LogP contribution < -0.4 is 0 Å². The molecular weight excluding hydrogens is 461 g/mol. The average molecular weight is 480 g/mol. The Labute approximate surface area is 190 Å². The van der Waals surface area contributed by atoms with Crippen LogP contribution in [0.15, 0.2) is 57.9 Å². The van der Waals surface area contributed by atoms with Crippen LogP contribution in [0.5, 0.6) is 0 Å². The molecule has 0 atom stereocenters. The first-order valence-electron chi connectivity index (χ1n) is 9.56. The molecule has 4 rings (SSSR count). The number of aromatic nitrogens is 1. The minimum Gasteiger partial charge on any atom is -0.360 e. The predicted octanol–water partition coefficient (Wildman–Crippen LogP) is 4.10. The molecule has 2 heterocycles. The van der Waals surface area contributed by atoms with Crippen LogP contribution in [0, 0.1) is 6.92 Å². The zero-order valence-corrected chi connectivity index (χ0v) is 18.9. The van der Waals surface area contributed by atoms with Crippen LogP contribution in [-0.2, 0) is 10.0 Å². The van der Waals surface area contributed by atoms with E-state index in [2.05, 4.69) is 5.16 Å². The highest BCUT2D eigenvalue weighted by Crippen LogP contribution is 2.37. The van der Waals surface area contributed by atoms with Gasteiger partial charge in [0.2, 0.25) is 10.0 Å². The van der Waals surface area contributed by atoms with E-state index < -0.39 is 10.0 Å². The predicted molar refractivity (Wildman–Crippen MR) is 118 cm³/mol. The Morgan fingerprint density at radius 2 is 1.58 bits per heavy atom. The molecule has 1 fully saturated rings. The number of amides is 1. The molecule has 0 saturated carbocycles. The van der Waals surface area contributed by atoms with Gasteiger partial charge in [-0.3, -0.25) is 4.79 Å². The van der Waals surface area contributed by atoms with E-state index in [-0.39, 0.29) is 48.2 Å². The standard InChI is InChI=1S/C21H19Cl2N3O4S/c1-14-18(20(24-30-14)19-16(22)8-5-9-17(19)23)21(27)25-10-12-26(13-11-25)31(28,29)15-6-3-2-4-7-15/h2-9H,10-13H2,1H3. The van der Waals surface area contributed by atoms with Gasteiger partial charge in [-0.2, -0.15) is 4.31 Å². The van der Waals surface area contributed by atoms with E-state index in [1.165, 1.54) is 4.31 Å². The fraction of sp³-hybridized carbons (Fsp3) is 0.238. The van der Waals surface area contributed by atoms with Crippen molar-refractivity contribution in [3.8, 4) is 11.3 Å². The van der Waals surface area contributed by atoms with E-state index in [1.54, 1.807) is 60.4 Å². The molecule has 1 aliphatic rings. The van der Waals surface area contributed by atoms with E-state index in [1.807, 2.05) is 0 Å². The van der Waals surface area contributed by atoms with Crippen LogP contribution in [-0.4, -0.2) is 54.9 Å². The number of carbonyl (C=O) groups is 1. The van der Waals surface area contributed by atoms with E-state index in [9.17, 15) is 13.2 Å². The van der Waals surface area contributed by atoms with Crippen molar-refractivity contribution >= 4 is 39.1 Å². The summed E-state index contributed by atoms with van der Waals surface area (Å²) in [4.78, 5) is 15.1. The second-order valence-corrected chi connectivity index (χ2v) is 9.82. The molecule has 0 N–H and O–H groups in total. The van der Waals surface area contributed by atoms with Crippen LogP contribution in [0.4, 0.5) is 0 Å². The Kier molecular flexibility index (Phi) is 6.07. The van der Waals surface area contributed by atoms with Crippen molar-refractivity contribution in [1.29, 1.82) is 0 Å². The maximum absolute atomic E-state index is 13.3. The van der Waals surface area contributed by atoms with Gasteiger partial charge < -0.3 is 9.42 Å². The molecule has 7 nitrogen and oxygen atoms in total. The molecule has 0 bridgehead atoms. The highest BCUT2D eigenvalue weighted by molar-refractivity contribution is 7.89. The lowest BCUT2D eigenvalue weighted by Crippen LogP contribution is -2.50. The Morgan fingerprint density at radius 3 is 2.19 bits per heavy atom. The monoisotopic (exact) mass is 479 g/mol. The molecule has 10 heteroatoms. The third kappa shape index (κ3) is 4.08. The summed E-state index contributed by atoms with van der Waals surface area (Å²) in [6, 6.07) is 13.3. The Balaban J connectivity index is 1.56. The van der Waals surface area contributed by atoms with Crippen molar-refractivity contribution in [2.45, 2.75) is 11.8 Å². The number of benzene rings is 2. The van der Waals surface area contributed by atoms with Crippen molar-refractivity contribution in [2.24, 2.45) is 0 Å². The number of hydrogen-bond donors (Lipinski definition) is 0. The average Bonchev–Trinajstić information content (AvgIpc) is 3.14. The Hall–Kier alpha value is -2.39. The van der Waals surface area contributed by atoms with Gasteiger partial charge in [0.1, 0.15) is 17.0 Å². The third-order valence-corrected chi connectivity index (χ3v) is 7.73. The van der Waals surface area contributed by atoms with Crippen molar-refractivity contribution in [3.63, 3.8) is 0 Å². The largest absolute Gasteiger partial charge is 0.360 e. The molecule has 1 aliphatic heterocycles. The molecule has 3 aromatic rings. The summed E-state index contributed by atoms with van der Waals surface area (Å²) < 4.78 is 32.3. The van der Waals surface area contributed by atoms with Gasteiger partial charge >= 0.3 is 0 Å².